The molecule has 2 aromatic rings. The summed E-state index contributed by atoms with van der Waals surface area (Å²) in [6.07, 6.45) is 0. The third kappa shape index (κ3) is 2.34. The summed E-state index contributed by atoms with van der Waals surface area (Å²) in [6, 6.07) is 17.8. The summed E-state index contributed by atoms with van der Waals surface area (Å²) >= 11 is 3.43. The molecule has 0 heterocycles. The minimum absolute atomic E-state index is 0.859. The lowest BCUT2D eigenvalue weighted by Gasteiger charge is -2.31. The van der Waals surface area contributed by atoms with E-state index in [4.69, 9.17) is 9.47 Å². The molecule has 0 saturated carbocycles. The fourth-order valence-electron chi connectivity index (χ4n) is 2.05. The standard InChI is InChI=1S/C15H15BrO2/c1-17-15(18-2,12-6-4-3-5-7-12)13-8-10-14(16)11-9-13/h3-11H,1-2H3. The Hall–Kier alpha value is -1.16. The van der Waals surface area contributed by atoms with Gasteiger partial charge in [-0.05, 0) is 12.1 Å². The van der Waals surface area contributed by atoms with Gasteiger partial charge in [-0.2, -0.15) is 0 Å². The Bertz CT molecular complexity index is 490. The van der Waals surface area contributed by atoms with Crippen LogP contribution in [0.3, 0.4) is 0 Å². The Labute approximate surface area is 116 Å². The second kappa shape index (κ2) is 5.65. The van der Waals surface area contributed by atoms with Crippen molar-refractivity contribution in [1.29, 1.82) is 0 Å². The molecule has 94 valence electrons. The Morgan fingerprint density at radius 2 is 1.28 bits per heavy atom. The van der Waals surface area contributed by atoms with Gasteiger partial charge in [-0.3, -0.25) is 0 Å². The number of halogens is 1. The maximum atomic E-state index is 5.66. The highest BCUT2D eigenvalue weighted by Crippen LogP contribution is 2.34. The van der Waals surface area contributed by atoms with Gasteiger partial charge in [-0.1, -0.05) is 58.4 Å². The molecule has 0 unspecified atom stereocenters. The second-order valence-electron chi connectivity index (χ2n) is 3.90. The maximum Gasteiger partial charge on any atom is 0.221 e. The van der Waals surface area contributed by atoms with Gasteiger partial charge < -0.3 is 9.47 Å². The van der Waals surface area contributed by atoms with Gasteiger partial charge in [-0.15, -0.1) is 0 Å². The summed E-state index contributed by atoms with van der Waals surface area (Å²) in [5.74, 6) is -0.859. The number of methoxy groups -OCH3 is 2. The maximum absolute atomic E-state index is 5.66. The predicted molar refractivity (Wildman–Crippen MR) is 75.4 cm³/mol. The molecule has 0 spiro atoms. The van der Waals surface area contributed by atoms with Crippen molar-refractivity contribution in [3.05, 3.63) is 70.2 Å². The summed E-state index contributed by atoms with van der Waals surface area (Å²) in [6.45, 7) is 0. The Morgan fingerprint density at radius 3 is 1.78 bits per heavy atom. The minimum atomic E-state index is -0.859. The van der Waals surface area contributed by atoms with E-state index in [0.29, 0.717) is 0 Å². The number of hydrogen-bond donors (Lipinski definition) is 0. The molecule has 2 nitrogen and oxygen atoms in total. The van der Waals surface area contributed by atoms with Crippen LogP contribution in [-0.4, -0.2) is 14.2 Å². The molecule has 0 aliphatic rings. The molecule has 0 bridgehead atoms. The average molecular weight is 307 g/mol. The predicted octanol–water partition coefficient (Wildman–Crippen LogP) is 3.94. The van der Waals surface area contributed by atoms with Crippen molar-refractivity contribution in [2.45, 2.75) is 5.79 Å². The smallest absolute Gasteiger partial charge is 0.221 e. The largest absolute Gasteiger partial charge is 0.346 e. The number of ether oxygens (including phenoxy) is 2. The zero-order valence-electron chi connectivity index (χ0n) is 10.4. The first-order valence-corrected chi connectivity index (χ1v) is 6.44. The highest BCUT2D eigenvalue weighted by molar-refractivity contribution is 9.10. The van der Waals surface area contributed by atoms with Crippen molar-refractivity contribution in [2.75, 3.05) is 14.2 Å². The van der Waals surface area contributed by atoms with Crippen LogP contribution in [0.2, 0.25) is 0 Å². The van der Waals surface area contributed by atoms with E-state index in [0.717, 1.165) is 15.6 Å². The van der Waals surface area contributed by atoms with Crippen LogP contribution in [0.1, 0.15) is 11.1 Å². The zero-order chi connectivity index (χ0) is 13.0. The zero-order valence-corrected chi connectivity index (χ0v) is 12.0. The van der Waals surface area contributed by atoms with E-state index in [9.17, 15) is 0 Å². The summed E-state index contributed by atoms with van der Waals surface area (Å²) in [5.41, 5.74) is 1.93. The van der Waals surface area contributed by atoms with E-state index in [1.807, 2.05) is 54.6 Å². The van der Waals surface area contributed by atoms with Gasteiger partial charge in [0.1, 0.15) is 0 Å². The van der Waals surface area contributed by atoms with Crippen LogP contribution in [0.15, 0.2) is 59.1 Å². The third-order valence-corrected chi connectivity index (χ3v) is 3.48. The quantitative estimate of drug-likeness (QED) is 0.797. The van der Waals surface area contributed by atoms with Crippen LogP contribution in [0, 0.1) is 0 Å². The van der Waals surface area contributed by atoms with Gasteiger partial charge in [-0.25, -0.2) is 0 Å². The van der Waals surface area contributed by atoms with Crippen molar-refractivity contribution >= 4 is 15.9 Å². The molecule has 0 aromatic heterocycles. The van der Waals surface area contributed by atoms with Crippen molar-refractivity contribution in [3.8, 4) is 0 Å². The van der Waals surface area contributed by atoms with E-state index in [2.05, 4.69) is 15.9 Å². The van der Waals surface area contributed by atoms with E-state index in [1.54, 1.807) is 14.2 Å². The lowest BCUT2D eigenvalue weighted by atomic mass is 9.97. The third-order valence-electron chi connectivity index (χ3n) is 2.95. The number of hydrogen-bond acceptors (Lipinski definition) is 2. The first kappa shape index (κ1) is 13.3. The van der Waals surface area contributed by atoms with Crippen LogP contribution in [-0.2, 0) is 15.3 Å². The molecule has 0 N–H and O–H groups in total. The first-order chi connectivity index (χ1) is 8.73. The van der Waals surface area contributed by atoms with Gasteiger partial charge in [0.15, 0.2) is 0 Å². The highest BCUT2D eigenvalue weighted by atomic mass is 79.9. The van der Waals surface area contributed by atoms with Crippen molar-refractivity contribution in [3.63, 3.8) is 0 Å². The number of benzene rings is 2. The highest BCUT2D eigenvalue weighted by Gasteiger charge is 2.34. The summed E-state index contributed by atoms with van der Waals surface area (Å²) in [7, 11) is 3.30. The molecular formula is C15H15BrO2. The summed E-state index contributed by atoms with van der Waals surface area (Å²) in [4.78, 5) is 0. The van der Waals surface area contributed by atoms with Gasteiger partial charge in [0.25, 0.3) is 0 Å². The van der Waals surface area contributed by atoms with Crippen LogP contribution < -0.4 is 0 Å². The Kier molecular flexibility index (Phi) is 4.17. The van der Waals surface area contributed by atoms with E-state index in [1.165, 1.54) is 0 Å². The average Bonchev–Trinajstić information content (AvgIpc) is 2.44. The molecule has 0 aliphatic heterocycles. The van der Waals surface area contributed by atoms with Gasteiger partial charge in [0.2, 0.25) is 5.79 Å². The van der Waals surface area contributed by atoms with Gasteiger partial charge >= 0.3 is 0 Å². The molecule has 0 aliphatic carbocycles. The Morgan fingerprint density at radius 1 is 0.778 bits per heavy atom. The number of rotatable bonds is 4. The molecule has 18 heavy (non-hydrogen) atoms. The van der Waals surface area contributed by atoms with E-state index >= 15 is 0 Å². The fourth-order valence-corrected chi connectivity index (χ4v) is 2.31. The Balaban J connectivity index is 2.54. The molecule has 3 heteroatoms. The van der Waals surface area contributed by atoms with Crippen LogP contribution in [0.5, 0.6) is 0 Å². The molecule has 2 aromatic carbocycles. The van der Waals surface area contributed by atoms with Gasteiger partial charge in [0.05, 0.1) is 0 Å². The summed E-state index contributed by atoms with van der Waals surface area (Å²) in [5, 5.41) is 0. The summed E-state index contributed by atoms with van der Waals surface area (Å²) < 4.78 is 12.4. The molecule has 0 atom stereocenters. The minimum Gasteiger partial charge on any atom is -0.346 e. The molecule has 2 rings (SSSR count). The van der Waals surface area contributed by atoms with E-state index < -0.39 is 5.79 Å². The first-order valence-electron chi connectivity index (χ1n) is 5.65. The topological polar surface area (TPSA) is 18.5 Å². The van der Waals surface area contributed by atoms with Crippen LogP contribution in [0.4, 0.5) is 0 Å². The molecule has 0 fully saturated rings. The molecule has 0 radical (unpaired) electrons. The fraction of sp³-hybridized carbons (Fsp3) is 0.200. The van der Waals surface area contributed by atoms with Crippen LogP contribution >= 0.6 is 15.9 Å². The van der Waals surface area contributed by atoms with Crippen molar-refractivity contribution in [2.24, 2.45) is 0 Å². The monoisotopic (exact) mass is 306 g/mol. The van der Waals surface area contributed by atoms with Crippen LogP contribution in [0.25, 0.3) is 0 Å². The van der Waals surface area contributed by atoms with Gasteiger partial charge in [0, 0.05) is 29.8 Å². The second-order valence-corrected chi connectivity index (χ2v) is 4.81. The molecule has 0 amide bonds. The molecular weight excluding hydrogens is 292 g/mol. The lowest BCUT2D eigenvalue weighted by Crippen LogP contribution is -2.32. The molecule has 0 saturated heterocycles. The normalized spacial score (nSPS) is 11.5. The van der Waals surface area contributed by atoms with Crippen molar-refractivity contribution in [1.82, 2.24) is 0 Å². The van der Waals surface area contributed by atoms with E-state index in [-0.39, 0.29) is 0 Å². The SMILES string of the molecule is COC(OC)(c1ccccc1)c1ccc(Br)cc1. The lowest BCUT2D eigenvalue weighted by molar-refractivity contribution is -0.183. The van der Waals surface area contributed by atoms with Crippen molar-refractivity contribution < 1.29 is 9.47 Å².